The summed E-state index contributed by atoms with van der Waals surface area (Å²) in [6, 6.07) is 17.0. The van der Waals surface area contributed by atoms with Gasteiger partial charge in [-0.2, -0.15) is 0 Å². The quantitative estimate of drug-likeness (QED) is 0.330. The second kappa shape index (κ2) is 9.79. The van der Waals surface area contributed by atoms with Crippen LogP contribution in [0.5, 0.6) is 5.75 Å². The Labute approximate surface area is 201 Å². The Morgan fingerprint density at radius 2 is 1.74 bits per heavy atom. The van der Waals surface area contributed by atoms with Gasteiger partial charge in [0.05, 0.1) is 29.8 Å². The number of aryl methyl sites for hydroxylation is 1. The molecule has 0 N–H and O–H groups in total. The average molecular weight is 504 g/mol. The highest BCUT2D eigenvalue weighted by atomic mass is 32.2. The van der Waals surface area contributed by atoms with Gasteiger partial charge >= 0.3 is 12.3 Å². The number of pyridine rings is 1. The topological polar surface area (TPSA) is 73.1 Å². The molecule has 0 bridgehead atoms. The van der Waals surface area contributed by atoms with Crippen LogP contribution >= 0.6 is 0 Å². The van der Waals surface area contributed by atoms with E-state index in [9.17, 15) is 22.2 Å². The summed E-state index contributed by atoms with van der Waals surface area (Å²) in [5.74, 6) is -0.421. The summed E-state index contributed by atoms with van der Waals surface area (Å²) < 4.78 is 63.2. The number of anilines is 1. The van der Waals surface area contributed by atoms with Crippen LogP contribution in [0, 0.1) is 6.92 Å². The molecule has 182 valence electrons. The monoisotopic (exact) mass is 503 g/mol. The lowest BCUT2D eigenvalue weighted by atomic mass is 10.2. The summed E-state index contributed by atoms with van der Waals surface area (Å²) in [5, 5.41) is 0. The number of halogens is 3. The van der Waals surface area contributed by atoms with Crippen molar-refractivity contribution in [2.75, 3.05) is 11.4 Å². The summed E-state index contributed by atoms with van der Waals surface area (Å²) in [4.78, 5) is 16.8. The first-order chi connectivity index (χ1) is 16.7. The van der Waals surface area contributed by atoms with Crippen molar-refractivity contribution in [3.8, 4) is 5.75 Å². The normalized spacial score (nSPS) is 12.4. The zero-order valence-corrected chi connectivity index (χ0v) is 19.5. The maximum Gasteiger partial charge on any atom is 0.573 e. The molecule has 0 radical (unpaired) electrons. The standard InChI is InChI=1S/C24H20F3N3O4S/c1-16-22(28-21-5-3-4-14-29(16)21)30(15-17-6-10-19(11-7-17)34-24(25,26)27)35(32)20-12-8-18(9-13-20)23(31)33-2/h3-14H,15H2,1-2H3. The van der Waals surface area contributed by atoms with Crippen molar-refractivity contribution in [2.45, 2.75) is 24.7 Å². The summed E-state index contributed by atoms with van der Waals surface area (Å²) >= 11 is 0. The second-order valence-electron chi connectivity index (χ2n) is 7.44. The number of nitrogens with zero attached hydrogens (tertiary/aromatic N) is 3. The fraction of sp³-hybridized carbons (Fsp3) is 0.167. The van der Waals surface area contributed by atoms with Gasteiger partial charge in [0.25, 0.3) is 0 Å². The minimum atomic E-state index is -4.79. The summed E-state index contributed by atoms with van der Waals surface area (Å²) in [6.45, 7) is 1.92. The number of esters is 1. The first kappa shape index (κ1) is 24.3. The second-order valence-corrected chi connectivity index (χ2v) is 8.85. The largest absolute Gasteiger partial charge is 0.573 e. The van der Waals surface area contributed by atoms with Crippen LogP contribution < -0.4 is 9.04 Å². The van der Waals surface area contributed by atoms with E-state index >= 15 is 0 Å². The van der Waals surface area contributed by atoms with Gasteiger partial charge in [-0.05, 0) is 61.0 Å². The summed E-state index contributed by atoms with van der Waals surface area (Å²) in [7, 11) is -0.489. The fourth-order valence-corrected chi connectivity index (χ4v) is 4.69. The molecular weight excluding hydrogens is 483 g/mol. The zero-order valence-electron chi connectivity index (χ0n) is 18.7. The first-order valence-corrected chi connectivity index (χ1v) is 11.4. The third-order valence-electron chi connectivity index (χ3n) is 5.14. The number of alkyl halides is 3. The molecule has 0 fully saturated rings. The van der Waals surface area contributed by atoms with Gasteiger partial charge in [-0.25, -0.2) is 14.0 Å². The van der Waals surface area contributed by atoms with Crippen molar-refractivity contribution in [2.24, 2.45) is 0 Å². The Bertz CT molecular complexity index is 1370. The number of hydrogen-bond acceptors (Lipinski definition) is 5. The molecule has 0 aliphatic carbocycles. The van der Waals surface area contributed by atoms with Gasteiger partial charge in [-0.15, -0.1) is 13.2 Å². The third-order valence-corrected chi connectivity index (χ3v) is 6.52. The van der Waals surface area contributed by atoms with Gasteiger partial charge < -0.3 is 13.9 Å². The molecule has 0 spiro atoms. The van der Waals surface area contributed by atoms with E-state index in [1.807, 2.05) is 35.7 Å². The van der Waals surface area contributed by atoms with Gasteiger partial charge in [0.15, 0.2) is 16.8 Å². The molecule has 35 heavy (non-hydrogen) atoms. The number of carbonyl (C=O) groups excluding carboxylic acids is 1. The number of hydrogen-bond donors (Lipinski definition) is 0. The van der Waals surface area contributed by atoms with Crippen LogP contribution in [0.1, 0.15) is 21.6 Å². The van der Waals surface area contributed by atoms with E-state index in [-0.39, 0.29) is 12.3 Å². The van der Waals surface area contributed by atoms with E-state index in [0.717, 1.165) is 5.69 Å². The van der Waals surface area contributed by atoms with Gasteiger partial charge in [0.1, 0.15) is 11.4 Å². The van der Waals surface area contributed by atoms with Crippen molar-refractivity contribution < 1.29 is 31.6 Å². The first-order valence-electron chi connectivity index (χ1n) is 10.3. The molecule has 2 aromatic carbocycles. The van der Waals surface area contributed by atoms with Gasteiger partial charge in [0, 0.05) is 6.20 Å². The molecule has 2 heterocycles. The van der Waals surface area contributed by atoms with E-state index in [4.69, 9.17) is 4.74 Å². The Balaban J connectivity index is 1.70. The molecule has 0 saturated carbocycles. The van der Waals surface area contributed by atoms with Crippen LogP contribution in [0.3, 0.4) is 0 Å². The Morgan fingerprint density at radius 3 is 2.34 bits per heavy atom. The van der Waals surface area contributed by atoms with E-state index < -0.39 is 23.3 Å². The van der Waals surface area contributed by atoms with E-state index in [2.05, 4.69) is 9.72 Å². The number of fused-ring (bicyclic) bond motifs is 1. The van der Waals surface area contributed by atoms with Crippen molar-refractivity contribution >= 4 is 28.4 Å². The van der Waals surface area contributed by atoms with Crippen LogP contribution in [0.15, 0.2) is 77.8 Å². The maximum atomic E-state index is 13.7. The van der Waals surface area contributed by atoms with E-state index in [1.54, 1.807) is 16.4 Å². The third kappa shape index (κ3) is 5.46. The molecule has 0 saturated heterocycles. The number of rotatable bonds is 7. The highest BCUT2D eigenvalue weighted by molar-refractivity contribution is 7.86. The number of imidazole rings is 1. The SMILES string of the molecule is COC(=O)c1ccc(S(=O)N(Cc2ccc(OC(F)(F)F)cc2)c2nc3ccccn3c2C)cc1. The van der Waals surface area contributed by atoms with Crippen molar-refractivity contribution in [1.82, 2.24) is 9.38 Å². The van der Waals surface area contributed by atoms with E-state index in [1.165, 1.54) is 43.5 Å². The molecule has 11 heteroatoms. The lowest BCUT2D eigenvalue weighted by molar-refractivity contribution is -0.274. The van der Waals surface area contributed by atoms with Gasteiger partial charge in [0.2, 0.25) is 0 Å². The lowest BCUT2D eigenvalue weighted by Gasteiger charge is -2.22. The minimum absolute atomic E-state index is 0.0857. The highest BCUT2D eigenvalue weighted by Crippen LogP contribution is 2.28. The van der Waals surface area contributed by atoms with Crippen molar-refractivity contribution in [3.05, 3.63) is 89.7 Å². The molecule has 4 aromatic rings. The Morgan fingerprint density at radius 1 is 1.06 bits per heavy atom. The van der Waals surface area contributed by atoms with Crippen molar-refractivity contribution in [1.29, 1.82) is 0 Å². The van der Waals surface area contributed by atoms with Crippen LogP contribution in [0.25, 0.3) is 5.65 Å². The number of aromatic nitrogens is 2. The van der Waals surface area contributed by atoms with E-state index in [0.29, 0.717) is 27.5 Å². The molecule has 7 nitrogen and oxygen atoms in total. The molecule has 0 aliphatic rings. The molecule has 1 atom stereocenters. The predicted octanol–water partition coefficient (Wildman–Crippen LogP) is 5.06. The average Bonchev–Trinajstić information content (AvgIpc) is 3.18. The maximum absolute atomic E-state index is 13.7. The van der Waals surface area contributed by atoms with Gasteiger partial charge in [-0.1, -0.05) is 18.2 Å². The van der Waals surface area contributed by atoms with Crippen LogP contribution in [0.4, 0.5) is 19.0 Å². The summed E-state index contributed by atoms with van der Waals surface area (Å²) in [6.07, 6.45) is -2.96. The number of methoxy groups -OCH3 is 1. The molecule has 4 rings (SSSR count). The minimum Gasteiger partial charge on any atom is -0.465 e. The van der Waals surface area contributed by atoms with Crippen molar-refractivity contribution in [3.63, 3.8) is 0 Å². The zero-order chi connectivity index (χ0) is 25.2. The molecule has 2 aromatic heterocycles. The highest BCUT2D eigenvalue weighted by Gasteiger charge is 2.31. The van der Waals surface area contributed by atoms with Crippen LogP contribution in [-0.2, 0) is 22.3 Å². The Kier molecular flexibility index (Phi) is 6.79. The Hall–Kier alpha value is -3.86. The lowest BCUT2D eigenvalue weighted by Crippen LogP contribution is -2.26. The number of ether oxygens (including phenoxy) is 2. The summed E-state index contributed by atoms with van der Waals surface area (Å²) in [5.41, 5.74) is 2.29. The molecule has 0 aliphatic heterocycles. The molecular formula is C24H20F3N3O4S. The predicted molar refractivity (Wildman–Crippen MR) is 123 cm³/mol. The number of benzene rings is 2. The number of carbonyl (C=O) groups is 1. The van der Waals surface area contributed by atoms with Crippen LogP contribution in [-0.4, -0.2) is 33.0 Å². The van der Waals surface area contributed by atoms with Gasteiger partial charge in [-0.3, -0.25) is 4.31 Å². The molecule has 0 amide bonds. The molecule has 1 unspecified atom stereocenters. The smallest absolute Gasteiger partial charge is 0.465 e. The van der Waals surface area contributed by atoms with Crippen LogP contribution in [0.2, 0.25) is 0 Å². The fourth-order valence-electron chi connectivity index (χ4n) is 3.47.